The lowest BCUT2D eigenvalue weighted by molar-refractivity contribution is 0.0852. The van der Waals surface area contributed by atoms with Crippen LogP contribution in [0.15, 0.2) is 43.0 Å². The van der Waals surface area contributed by atoms with Gasteiger partial charge in [0.05, 0.1) is 19.0 Å². The third-order valence-electron chi connectivity index (χ3n) is 3.34. The fourth-order valence-corrected chi connectivity index (χ4v) is 3.10. The van der Waals surface area contributed by atoms with Gasteiger partial charge >= 0.3 is 0 Å². The van der Waals surface area contributed by atoms with E-state index >= 15 is 0 Å². The quantitative estimate of drug-likeness (QED) is 0.654. The summed E-state index contributed by atoms with van der Waals surface area (Å²) in [5.41, 5.74) is 6.97. The van der Waals surface area contributed by atoms with E-state index in [1.165, 1.54) is 6.33 Å². The lowest BCUT2D eigenvalue weighted by atomic mass is 10.3. The van der Waals surface area contributed by atoms with Crippen LogP contribution >= 0.6 is 8.03 Å². The summed E-state index contributed by atoms with van der Waals surface area (Å²) in [5.74, 6) is 0.916. The molecule has 0 aliphatic heterocycles. The molecule has 8 nitrogen and oxygen atoms in total. The van der Waals surface area contributed by atoms with E-state index in [2.05, 4.69) is 15.0 Å². The van der Waals surface area contributed by atoms with Gasteiger partial charge in [0, 0.05) is 0 Å². The van der Waals surface area contributed by atoms with Gasteiger partial charge in [-0.3, -0.25) is 4.57 Å². The number of anilines is 1. The Morgan fingerprint density at radius 3 is 2.83 bits per heavy atom. The Morgan fingerprint density at radius 2 is 2.04 bits per heavy atom. The molecule has 126 valence electrons. The van der Waals surface area contributed by atoms with Crippen molar-refractivity contribution in [1.29, 1.82) is 0 Å². The minimum Gasteiger partial charge on any atom is -0.443 e. The third-order valence-corrected chi connectivity index (χ3v) is 4.21. The largest absolute Gasteiger partial charge is 0.443 e. The molecule has 0 saturated carbocycles. The van der Waals surface area contributed by atoms with Gasteiger partial charge in [-0.05, 0) is 19.1 Å². The fourth-order valence-electron chi connectivity index (χ4n) is 2.22. The summed E-state index contributed by atoms with van der Waals surface area (Å²) in [6.07, 6.45) is 2.89. The summed E-state index contributed by atoms with van der Waals surface area (Å²) in [4.78, 5) is 12.3. The van der Waals surface area contributed by atoms with Gasteiger partial charge in [0.15, 0.2) is 11.5 Å². The number of ether oxygens (including phenoxy) is 1. The Morgan fingerprint density at radius 1 is 1.25 bits per heavy atom. The van der Waals surface area contributed by atoms with Crippen molar-refractivity contribution in [3.8, 4) is 5.75 Å². The molecule has 0 amide bonds. The summed E-state index contributed by atoms with van der Waals surface area (Å²) in [5, 5.41) is 0. The van der Waals surface area contributed by atoms with E-state index in [-0.39, 0.29) is 12.5 Å². The second-order valence-corrected chi connectivity index (χ2v) is 6.47. The van der Waals surface area contributed by atoms with Gasteiger partial charge in [-0.1, -0.05) is 18.2 Å². The average Bonchev–Trinajstić information content (AvgIpc) is 2.98. The summed E-state index contributed by atoms with van der Waals surface area (Å²) < 4.78 is 24.7. The van der Waals surface area contributed by atoms with Crippen LogP contribution < -0.4 is 10.3 Å². The van der Waals surface area contributed by atoms with Crippen LogP contribution in [-0.4, -0.2) is 32.0 Å². The van der Waals surface area contributed by atoms with Gasteiger partial charge in [-0.25, -0.2) is 15.0 Å². The first-order valence-corrected chi connectivity index (χ1v) is 8.94. The summed E-state index contributed by atoms with van der Waals surface area (Å²) >= 11 is 0. The molecule has 1 aromatic carbocycles. The molecule has 1 unspecified atom stereocenters. The van der Waals surface area contributed by atoms with Crippen molar-refractivity contribution < 1.29 is 13.8 Å². The van der Waals surface area contributed by atoms with E-state index in [0.717, 1.165) is 0 Å². The maximum Gasteiger partial charge on any atom is 0.261 e. The van der Waals surface area contributed by atoms with Crippen LogP contribution in [0.5, 0.6) is 5.75 Å². The molecule has 0 bridgehead atoms. The van der Waals surface area contributed by atoms with Crippen LogP contribution in [0.4, 0.5) is 5.82 Å². The Kier molecular flexibility index (Phi) is 5.08. The molecule has 0 fully saturated rings. The highest BCUT2D eigenvalue weighted by molar-refractivity contribution is 7.39. The number of nitrogens with zero attached hydrogens (tertiary/aromatic N) is 4. The number of hydrogen-bond donors (Lipinski definition) is 1. The second-order valence-electron chi connectivity index (χ2n) is 5.24. The van der Waals surface area contributed by atoms with Crippen molar-refractivity contribution >= 4 is 25.0 Å². The van der Waals surface area contributed by atoms with Crippen LogP contribution in [0.25, 0.3) is 11.2 Å². The predicted octanol–water partition coefficient (Wildman–Crippen LogP) is 2.32. The number of fused-ring (bicyclic) bond motifs is 1. The van der Waals surface area contributed by atoms with E-state index in [1.54, 1.807) is 18.5 Å². The lowest BCUT2D eigenvalue weighted by Crippen LogP contribution is -2.16. The van der Waals surface area contributed by atoms with E-state index in [9.17, 15) is 4.57 Å². The van der Waals surface area contributed by atoms with E-state index < -0.39 is 8.03 Å². The van der Waals surface area contributed by atoms with Crippen molar-refractivity contribution in [1.82, 2.24) is 19.5 Å². The number of para-hydroxylation sites is 1. The number of nitrogen functional groups attached to an aromatic ring is 1. The maximum atomic E-state index is 12.0. The SMILES string of the molecule is C[C@H](Cn1cnc2c(N)ncnc21)OC[PH](=O)Oc1ccccc1. The Bertz CT molecular complexity index is 840. The topological polar surface area (TPSA) is 105 Å². The van der Waals surface area contributed by atoms with Gasteiger partial charge in [-0.15, -0.1) is 0 Å². The number of imidazole rings is 1. The molecular weight excluding hydrogens is 329 g/mol. The van der Waals surface area contributed by atoms with E-state index in [1.807, 2.05) is 29.7 Å². The molecule has 3 aromatic rings. The van der Waals surface area contributed by atoms with E-state index in [0.29, 0.717) is 29.3 Å². The minimum atomic E-state index is -2.31. The zero-order valence-electron chi connectivity index (χ0n) is 13.1. The normalized spacial score (nSPS) is 13.7. The van der Waals surface area contributed by atoms with Gasteiger partial charge in [0.25, 0.3) is 8.03 Å². The maximum absolute atomic E-state index is 12.0. The molecule has 2 heterocycles. The van der Waals surface area contributed by atoms with Crippen LogP contribution in [0.1, 0.15) is 6.92 Å². The average molecular weight is 347 g/mol. The first-order chi connectivity index (χ1) is 11.6. The molecule has 0 saturated heterocycles. The molecule has 3 rings (SSSR count). The Hall–Kier alpha value is -2.44. The summed E-state index contributed by atoms with van der Waals surface area (Å²) in [7, 11) is -2.31. The lowest BCUT2D eigenvalue weighted by Gasteiger charge is -2.14. The highest BCUT2D eigenvalue weighted by Gasteiger charge is 2.12. The monoisotopic (exact) mass is 347 g/mol. The van der Waals surface area contributed by atoms with E-state index in [4.69, 9.17) is 15.0 Å². The standard InChI is InChI=1S/C15H18N5O3P/c1-11(22-10-24(21)23-12-5-3-2-4-6-12)7-20-9-19-13-14(16)17-8-18-15(13)20/h2-6,8-9,11,24H,7,10H2,1H3,(H2,16,17,18)/t11-/m1/s1. The van der Waals surface area contributed by atoms with Crippen molar-refractivity contribution in [2.24, 2.45) is 0 Å². The highest BCUT2D eigenvalue weighted by Crippen LogP contribution is 2.27. The zero-order valence-corrected chi connectivity index (χ0v) is 14.1. The van der Waals surface area contributed by atoms with Gasteiger partial charge < -0.3 is 19.6 Å². The summed E-state index contributed by atoms with van der Waals surface area (Å²) in [6.45, 7) is 2.39. The molecule has 0 spiro atoms. The Balaban J connectivity index is 1.54. The molecule has 24 heavy (non-hydrogen) atoms. The van der Waals surface area contributed by atoms with Crippen molar-refractivity contribution in [3.63, 3.8) is 0 Å². The van der Waals surface area contributed by atoms with Gasteiger partial charge in [0.2, 0.25) is 0 Å². The molecule has 0 radical (unpaired) electrons. The number of hydrogen-bond acceptors (Lipinski definition) is 7. The molecule has 0 aliphatic carbocycles. The smallest absolute Gasteiger partial charge is 0.261 e. The van der Waals surface area contributed by atoms with Crippen molar-refractivity contribution in [2.45, 2.75) is 19.6 Å². The second kappa shape index (κ2) is 7.42. The highest BCUT2D eigenvalue weighted by atomic mass is 31.1. The van der Waals surface area contributed by atoms with Crippen LogP contribution in [0.3, 0.4) is 0 Å². The molecule has 2 N–H and O–H groups in total. The van der Waals surface area contributed by atoms with Crippen LogP contribution in [-0.2, 0) is 15.8 Å². The molecule has 0 aliphatic rings. The van der Waals surface area contributed by atoms with Gasteiger partial charge in [0.1, 0.15) is 23.9 Å². The number of nitrogens with two attached hydrogens (primary N) is 1. The number of rotatable bonds is 7. The minimum absolute atomic E-state index is 0.0461. The molecular formula is C15H18N5O3P. The molecule has 9 heteroatoms. The Labute approximate surface area is 139 Å². The molecule has 2 atom stereocenters. The predicted molar refractivity (Wildman–Crippen MR) is 91.2 cm³/mol. The third kappa shape index (κ3) is 3.90. The van der Waals surface area contributed by atoms with Gasteiger partial charge in [-0.2, -0.15) is 0 Å². The number of benzene rings is 1. The fraction of sp³-hybridized carbons (Fsp3) is 0.267. The first-order valence-electron chi connectivity index (χ1n) is 7.42. The molecule has 2 aromatic heterocycles. The van der Waals surface area contributed by atoms with Crippen LogP contribution in [0, 0.1) is 0 Å². The summed E-state index contributed by atoms with van der Waals surface area (Å²) in [6, 6.07) is 9.03. The van der Waals surface area contributed by atoms with Crippen molar-refractivity contribution in [3.05, 3.63) is 43.0 Å². The van der Waals surface area contributed by atoms with Crippen LogP contribution in [0.2, 0.25) is 0 Å². The van der Waals surface area contributed by atoms with Crippen molar-refractivity contribution in [2.75, 3.05) is 12.1 Å². The zero-order chi connectivity index (χ0) is 16.9. The first kappa shape index (κ1) is 16.4. The number of aromatic nitrogens is 4.